The molecule has 0 saturated carbocycles. The average Bonchev–Trinajstić information content (AvgIpc) is 2.94. The number of benzene rings is 2. The molecule has 21 heavy (non-hydrogen) atoms. The predicted octanol–water partition coefficient (Wildman–Crippen LogP) is 4.11. The van der Waals surface area contributed by atoms with Gasteiger partial charge in [0.1, 0.15) is 5.75 Å². The fourth-order valence-electron chi connectivity index (χ4n) is 1.77. The van der Waals surface area contributed by atoms with Crippen LogP contribution in [0.25, 0.3) is 22.8 Å². The van der Waals surface area contributed by atoms with Crippen LogP contribution in [0.4, 0.5) is 5.69 Å². The molecule has 0 atom stereocenters. The van der Waals surface area contributed by atoms with Crippen LogP contribution in [0.15, 0.2) is 45.4 Å². The SMILES string of the molecule is Nc1ccc(-c2nc(-c3ccc(Cl)c(Br)c3)no2)cc1O. The molecule has 1 aromatic heterocycles. The molecule has 0 spiro atoms. The van der Waals surface area contributed by atoms with Gasteiger partial charge in [-0.25, -0.2) is 0 Å². The smallest absolute Gasteiger partial charge is 0.258 e. The van der Waals surface area contributed by atoms with E-state index in [1.807, 2.05) is 0 Å². The van der Waals surface area contributed by atoms with Gasteiger partial charge < -0.3 is 15.4 Å². The van der Waals surface area contributed by atoms with E-state index < -0.39 is 0 Å². The largest absolute Gasteiger partial charge is 0.506 e. The Kier molecular flexibility index (Phi) is 3.57. The zero-order valence-electron chi connectivity index (χ0n) is 10.5. The lowest BCUT2D eigenvalue weighted by Crippen LogP contribution is -1.86. The number of nitrogen functional groups attached to an aromatic ring is 1. The molecule has 0 saturated heterocycles. The monoisotopic (exact) mass is 365 g/mol. The summed E-state index contributed by atoms with van der Waals surface area (Å²) in [7, 11) is 0. The molecule has 0 bridgehead atoms. The Labute approximate surface area is 133 Å². The van der Waals surface area contributed by atoms with Crippen LogP contribution in [0, 0.1) is 0 Å². The number of nitrogens with two attached hydrogens (primary N) is 1. The van der Waals surface area contributed by atoms with Crippen LogP contribution in [-0.4, -0.2) is 15.2 Å². The fourth-order valence-corrected chi connectivity index (χ4v) is 2.27. The van der Waals surface area contributed by atoms with Crippen LogP contribution in [0.3, 0.4) is 0 Å². The molecular weight excluding hydrogens is 358 g/mol. The van der Waals surface area contributed by atoms with Crippen molar-refractivity contribution in [3.63, 3.8) is 0 Å². The lowest BCUT2D eigenvalue weighted by atomic mass is 10.2. The molecule has 0 unspecified atom stereocenters. The highest BCUT2D eigenvalue weighted by molar-refractivity contribution is 9.10. The van der Waals surface area contributed by atoms with Crippen LogP contribution in [0.2, 0.25) is 5.02 Å². The highest BCUT2D eigenvalue weighted by atomic mass is 79.9. The Morgan fingerprint density at radius 1 is 1.14 bits per heavy atom. The van der Waals surface area contributed by atoms with Crippen molar-refractivity contribution in [1.29, 1.82) is 0 Å². The van der Waals surface area contributed by atoms with Crippen LogP contribution < -0.4 is 5.73 Å². The summed E-state index contributed by atoms with van der Waals surface area (Å²) in [6.45, 7) is 0. The van der Waals surface area contributed by atoms with Gasteiger partial charge in [0.2, 0.25) is 5.82 Å². The summed E-state index contributed by atoms with van der Waals surface area (Å²) in [4.78, 5) is 4.30. The van der Waals surface area contributed by atoms with Crippen molar-refractivity contribution >= 4 is 33.2 Å². The van der Waals surface area contributed by atoms with Crippen LogP contribution >= 0.6 is 27.5 Å². The molecule has 0 aliphatic carbocycles. The summed E-state index contributed by atoms with van der Waals surface area (Å²) in [6, 6.07) is 10.1. The Balaban J connectivity index is 1.99. The fraction of sp³-hybridized carbons (Fsp3) is 0. The lowest BCUT2D eigenvalue weighted by Gasteiger charge is -1.99. The second-order valence-corrected chi connectivity index (χ2v) is 5.59. The Bertz CT molecular complexity index is 754. The highest BCUT2D eigenvalue weighted by Crippen LogP contribution is 2.30. The molecule has 0 aliphatic rings. The van der Waals surface area contributed by atoms with Gasteiger partial charge >= 0.3 is 0 Å². The third-order valence-electron chi connectivity index (χ3n) is 2.88. The first-order chi connectivity index (χ1) is 10.0. The van der Waals surface area contributed by atoms with E-state index in [0.717, 1.165) is 10.0 Å². The average molecular weight is 367 g/mol. The molecule has 2 aromatic carbocycles. The quantitative estimate of drug-likeness (QED) is 0.526. The summed E-state index contributed by atoms with van der Waals surface area (Å²) in [5.74, 6) is 0.701. The minimum Gasteiger partial charge on any atom is -0.506 e. The van der Waals surface area contributed by atoms with Crippen molar-refractivity contribution in [2.45, 2.75) is 0 Å². The van der Waals surface area contributed by atoms with Crippen molar-refractivity contribution in [2.75, 3.05) is 5.73 Å². The molecule has 0 amide bonds. The first kappa shape index (κ1) is 13.9. The second kappa shape index (κ2) is 5.38. The van der Waals surface area contributed by atoms with Gasteiger partial charge in [0.05, 0.1) is 10.7 Å². The molecule has 0 aliphatic heterocycles. The predicted molar refractivity (Wildman–Crippen MR) is 84.0 cm³/mol. The number of nitrogens with zero attached hydrogens (tertiary/aromatic N) is 2. The maximum Gasteiger partial charge on any atom is 0.258 e. The summed E-state index contributed by atoms with van der Waals surface area (Å²) in [6.07, 6.45) is 0. The summed E-state index contributed by atoms with van der Waals surface area (Å²) >= 11 is 9.30. The number of aromatic hydroxyl groups is 1. The van der Waals surface area contributed by atoms with E-state index in [-0.39, 0.29) is 5.75 Å². The zero-order chi connectivity index (χ0) is 15.0. The molecule has 1 heterocycles. The number of hydrogen-bond donors (Lipinski definition) is 2. The summed E-state index contributed by atoms with van der Waals surface area (Å²) < 4.78 is 5.96. The molecule has 0 radical (unpaired) electrons. The van der Waals surface area contributed by atoms with E-state index in [1.165, 1.54) is 6.07 Å². The van der Waals surface area contributed by atoms with E-state index in [9.17, 15) is 5.11 Å². The summed E-state index contributed by atoms with van der Waals surface area (Å²) in [5, 5.41) is 14.1. The molecule has 5 nitrogen and oxygen atoms in total. The van der Waals surface area contributed by atoms with Crippen molar-refractivity contribution in [1.82, 2.24) is 10.1 Å². The topological polar surface area (TPSA) is 85.2 Å². The maximum atomic E-state index is 9.62. The van der Waals surface area contributed by atoms with E-state index in [4.69, 9.17) is 21.9 Å². The van der Waals surface area contributed by atoms with Crippen molar-refractivity contribution in [3.8, 4) is 28.6 Å². The molecule has 3 aromatic rings. The number of rotatable bonds is 2. The summed E-state index contributed by atoms with van der Waals surface area (Å²) in [5.41, 5.74) is 7.21. The molecular formula is C14H9BrClN3O2. The third kappa shape index (κ3) is 2.72. The van der Waals surface area contributed by atoms with Crippen molar-refractivity contribution < 1.29 is 9.63 Å². The third-order valence-corrected chi connectivity index (χ3v) is 4.10. The van der Waals surface area contributed by atoms with Gasteiger partial charge in [-0.2, -0.15) is 4.98 Å². The second-order valence-electron chi connectivity index (χ2n) is 4.33. The van der Waals surface area contributed by atoms with Gasteiger partial charge in [-0.05, 0) is 52.3 Å². The van der Waals surface area contributed by atoms with Gasteiger partial charge in [-0.15, -0.1) is 0 Å². The van der Waals surface area contributed by atoms with Gasteiger partial charge in [0.25, 0.3) is 5.89 Å². The molecule has 0 fully saturated rings. The number of phenols is 1. The molecule has 106 valence electrons. The Hall–Kier alpha value is -2.05. The van der Waals surface area contributed by atoms with E-state index >= 15 is 0 Å². The van der Waals surface area contributed by atoms with Gasteiger partial charge in [0, 0.05) is 15.6 Å². The van der Waals surface area contributed by atoms with Gasteiger partial charge in [0.15, 0.2) is 0 Å². The number of anilines is 1. The zero-order valence-corrected chi connectivity index (χ0v) is 12.9. The van der Waals surface area contributed by atoms with E-state index in [0.29, 0.717) is 28.0 Å². The van der Waals surface area contributed by atoms with E-state index in [2.05, 4.69) is 26.1 Å². The molecule has 7 heteroatoms. The first-order valence-corrected chi connectivity index (χ1v) is 7.09. The normalized spacial score (nSPS) is 10.8. The van der Waals surface area contributed by atoms with Crippen molar-refractivity contribution in [3.05, 3.63) is 45.9 Å². The maximum absolute atomic E-state index is 9.62. The molecule has 3 rings (SSSR count). The number of aromatic nitrogens is 2. The minimum absolute atomic E-state index is 0.0264. The lowest BCUT2D eigenvalue weighted by molar-refractivity contribution is 0.431. The van der Waals surface area contributed by atoms with Crippen LogP contribution in [-0.2, 0) is 0 Å². The van der Waals surface area contributed by atoms with E-state index in [1.54, 1.807) is 30.3 Å². The van der Waals surface area contributed by atoms with Crippen LogP contribution in [0.5, 0.6) is 5.75 Å². The Morgan fingerprint density at radius 2 is 1.90 bits per heavy atom. The van der Waals surface area contributed by atoms with Crippen molar-refractivity contribution in [2.24, 2.45) is 0 Å². The number of phenolic OH excluding ortho intramolecular Hbond substituents is 1. The Morgan fingerprint density at radius 3 is 2.62 bits per heavy atom. The molecule has 3 N–H and O–H groups in total. The first-order valence-electron chi connectivity index (χ1n) is 5.92. The highest BCUT2D eigenvalue weighted by Gasteiger charge is 2.12. The number of hydrogen-bond acceptors (Lipinski definition) is 5. The van der Waals surface area contributed by atoms with Crippen LogP contribution in [0.1, 0.15) is 0 Å². The minimum atomic E-state index is -0.0264. The standard InChI is InChI=1S/C14H9BrClN3O2/c15-9-5-7(1-3-10(9)16)13-18-14(21-19-13)8-2-4-11(17)12(20)6-8/h1-6,20H,17H2. The number of halogens is 2. The van der Waals surface area contributed by atoms with Gasteiger partial charge in [-0.3, -0.25) is 0 Å². The van der Waals surface area contributed by atoms with Gasteiger partial charge in [-0.1, -0.05) is 16.8 Å².